The molecule has 3 heterocycles. The van der Waals surface area contributed by atoms with Gasteiger partial charge in [0.25, 0.3) is 5.89 Å². The van der Waals surface area contributed by atoms with Crippen LogP contribution < -0.4 is 4.72 Å². The first-order valence-electron chi connectivity index (χ1n) is 8.66. The minimum atomic E-state index is -3.84. The second-order valence-corrected chi connectivity index (χ2v) is 8.58. The molecule has 3 aromatic heterocycles. The van der Waals surface area contributed by atoms with E-state index in [2.05, 4.69) is 14.9 Å². The zero-order valence-corrected chi connectivity index (χ0v) is 17.0. The Morgan fingerprint density at radius 1 is 1.20 bits per heavy atom. The van der Waals surface area contributed by atoms with Gasteiger partial charge >= 0.3 is 5.97 Å². The van der Waals surface area contributed by atoms with Crippen molar-refractivity contribution in [2.75, 3.05) is 0 Å². The van der Waals surface area contributed by atoms with Gasteiger partial charge in [-0.3, -0.25) is 0 Å². The van der Waals surface area contributed by atoms with Crippen LogP contribution in [0.4, 0.5) is 0 Å². The molecule has 0 radical (unpaired) electrons. The van der Waals surface area contributed by atoms with E-state index in [9.17, 15) is 13.2 Å². The van der Waals surface area contributed by atoms with Crippen molar-refractivity contribution in [3.63, 3.8) is 0 Å². The molecule has 0 saturated carbocycles. The van der Waals surface area contributed by atoms with E-state index in [1.165, 1.54) is 41.9 Å². The quantitative estimate of drug-likeness (QED) is 0.410. The Morgan fingerprint density at radius 2 is 2.10 bits per heavy atom. The summed E-state index contributed by atoms with van der Waals surface area (Å²) in [5.74, 6) is 0.294. The molecule has 0 aliphatic rings. The van der Waals surface area contributed by atoms with Crippen molar-refractivity contribution in [3.8, 4) is 11.5 Å². The smallest absolute Gasteiger partial charge is 0.338 e. The molecule has 0 fully saturated rings. The average Bonchev–Trinajstić information content (AvgIpc) is 3.53. The van der Waals surface area contributed by atoms with Crippen LogP contribution >= 0.6 is 11.3 Å². The normalized spacial score (nSPS) is 11.5. The number of hydrogen-bond acceptors (Lipinski definition) is 9. The van der Waals surface area contributed by atoms with Gasteiger partial charge in [-0.1, -0.05) is 11.2 Å². The van der Waals surface area contributed by atoms with E-state index in [-0.39, 0.29) is 29.4 Å². The van der Waals surface area contributed by atoms with E-state index in [1.807, 2.05) is 16.8 Å². The molecule has 30 heavy (non-hydrogen) atoms. The van der Waals surface area contributed by atoms with Gasteiger partial charge in [0.1, 0.15) is 5.76 Å². The molecule has 0 atom stereocenters. The number of thiophene rings is 1. The number of aromatic nitrogens is 2. The van der Waals surface area contributed by atoms with Crippen molar-refractivity contribution >= 4 is 27.3 Å². The number of nitrogens with one attached hydrogen (secondary N) is 1. The summed E-state index contributed by atoms with van der Waals surface area (Å²) in [5.41, 5.74) is 0.863. The summed E-state index contributed by atoms with van der Waals surface area (Å²) in [5, 5.41) is 7.50. The molecule has 1 N–H and O–H groups in total. The lowest BCUT2D eigenvalue weighted by Crippen LogP contribution is -2.23. The highest BCUT2D eigenvalue weighted by atomic mass is 32.2. The number of carbonyl (C=O) groups is 1. The van der Waals surface area contributed by atoms with Crippen LogP contribution in [-0.4, -0.2) is 24.5 Å². The highest BCUT2D eigenvalue weighted by Gasteiger charge is 2.18. The molecule has 0 amide bonds. The van der Waals surface area contributed by atoms with E-state index in [0.717, 1.165) is 5.56 Å². The van der Waals surface area contributed by atoms with Gasteiger partial charge in [0.2, 0.25) is 15.8 Å². The Kier molecular flexibility index (Phi) is 5.74. The summed E-state index contributed by atoms with van der Waals surface area (Å²) in [6, 6.07) is 10.7. The molecule has 9 nitrogen and oxygen atoms in total. The fraction of sp³-hybridized carbons (Fsp3) is 0.105. The van der Waals surface area contributed by atoms with Gasteiger partial charge in [-0.15, -0.1) is 0 Å². The zero-order valence-electron chi connectivity index (χ0n) is 15.3. The molecule has 11 heteroatoms. The summed E-state index contributed by atoms with van der Waals surface area (Å²) in [7, 11) is -3.84. The van der Waals surface area contributed by atoms with Crippen LogP contribution in [0.5, 0.6) is 0 Å². The summed E-state index contributed by atoms with van der Waals surface area (Å²) >= 11 is 1.49. The van der Waals surface area contributed by atoms with Crippen LogP contribution in [0.3, 0.4) is 0 Å². The third-order valence-corrected chi connectivity index (χ3v) is 6.05. The average molecular weight is 445 g/mol. The van der Waals surface area contributed by atoms with Crippen LogP contribution in [-0.2, 0) is 27.9 Å². The van der Waals surface area contributed by atoms with Gasteiger partial charge in [0.05, 0.1) is 28.8 Å². The van der Waals surface area contributed by atoms with Crippen LogP contribution in [0, 0.1) is 0 Å². The van der Waals surface area contributed by atoms with Crippen LogP contribution in [0.25, 0.3) is 11.5 Å². The van der Waals surface area contributed by atoms with Gasteiger partial charge in [0.15, 0.2) is 6.61 Å². The third kappa shape index (κ3) is 4.64. The van der Waals surface area contributed by atoms with Crippen molar-refractivity contribution in [1.82, 2.24) is 14.9 Å². The fourth-order valence-electron chi connectivity index (χ4n) is 2.48. The number of furan rings is 1. The highest BCUT2D eigenvalue weighted by Crippen LogP contribution is 2.20. The van der Waals surface area contributed by atoms with Gasteiger partial charge in [-0.2, -0.15) is 16.3 Å². The van der Waals surface area contributed by atoms with Crippen molar-refractivity contribution in [2.24, 2.45) is 0 Å². The number of ether oxygens (including phenoxy) is 1. The summed E-state index contributed by atoms with van der Waals surface area (Å²) in [6.07, 6.45) is 1.45. The van der Waals surface area contributed by atoms with E-state index in [0.29, 0.717) is 11.7 Å². The Morgan fingerprint density at radius 3 is 2.87 bits per heavy atom. The topological polar surface area (TPSA) is 125 Å². The maximum Gasteiger partial charge on any atom is 0.338 e. The van der Waals surface area contributed by atoms with E-state index in [1.54, 1.807) is 12.1 Å². The maximum atomic E-state index is 12.5. The second-order valence-electron chi connectivity index (χ2n) is 6.04. The number of sulfonamides is 1. The summed E-state index contributed by atoms with van der Waals surface area (Å²) < 4.78 is 42.7. The van der Waals surface area contributed by atoms with Crippen molar-refractivity contribution in [2.45, 2.75) is 18.0 Å². The molecular weight excluding hydrogens is 430 g/mol. The molecule has 154 valence electrons. The van der Waals surface area contributed by atoms with E-state index in [4.69, 9.17) is 13.7 Å². The lowest BCUT2D eigenvalue weighted by Gasteiger charge is -2.07. The molecular formula is C19H15N3O6S2. The monoisotopic (exact) mass is 445 g/mol. The molecule has 0 aliphatic heterocycles. The summed E-state index contributed by atoms with van der Waals surface area (Å²) in [6.45, 7) is -0.214. The second kappa shape index (κ2) is 8.61. The number of esters is 1. The molecule has 4 aromatic rings. The maximum absolute atomic E-state index is 12.5. The SMILES string of the molecule is O=C(OCc1noc(-c2ccsc2)n1)c1cccc(S(=O)(=O)NCc2ccco2)c1. The minimum Gasteiger partial charge on any atom is -0.468 e. The largest absolute Gasteiger partial charge is 0.468 e. The Hall–Kier alpha value is -3.28. The number of nitrogens with zero attached hydrogens (tertiary/aromatic N) is 2. The molecule has 0 spiro atoms. The van der Waals surface area contributed by atoms with Gasteiger partial charge < -0.3 is 13.7 Å². The molecule has 1 aromatic carbocycles. The number of benzene rings is 1. The Bertz CT molecular complexity index is 1230. The van der Waals surface area contributed by atoms with Gasteiger partial charge in [-0.05, 0) is 41.8 Å². The van der Waals surface area contributed by atoms with Crippen LogP contribution in [0.1, 0.15) is 21.9 Å². The highest BCUT2D eigenvalue weighted by molar-refractivity contribution is 7.89. The Labute approximate surface area is 175 Å². The number of rotatable bonds is 8. The van der Waals surface area contributed by atoms with Crippen molar-refractivity contribution < 1.29 is 26.9 Å². The first-order valence-corrected chi connectivity index (χ1v) is 11.1. The van der Waals surface area contributed by atoms with Crippen molar-refractivity contribution in [3.05, 3.63) is 76.6 Å². The first kappa shape index (κ1) is 20.0. The van der Waals surface area contributed by atoms with Crippen LogP contribution in [0.2, 0.25) is 0 Å². The molecule has 0 saturated heterocycles. The number of carbonyl (C=O) groups excluding carboxylic acids is 1. The van der Waals surface area contributed by atoms with Crippen LogP contribution in [0.15, 0.2) is 73.3 Å². The summed E-state index contributed by atoms with van der Waals surface area (Å²) in [4.78, 5) is 16.4. The van der Waals surface area contributed by atoms with E-state index < -0.39 is 16.0 Å². The zero-order chi connectivity index (χ0) is 21.0. The minimum absolute atomic E-state index is 0.00566. The van der Waals surface area contributed by atoms with Gasteiger partial charge in [0, 0.05) is 5.38 Å². The molecule has 0 aliphatic carbocycles. The first-order chi connectivity index (χ1) is 14.5. The van der Waals surface area contributed by atoms with E-state index >= 15 is 0 Å². The van der Waals surface area contributed by atoms with Crippen molar-refractivity contribution in [1.29, 1.82) is 0 Å². The lowest BCUT2D eigenvalue weighted by atomic mass is 10.2. The molecule has 0 bridgehead atoms. The van der Waals surface area contributed by atoms with Gasteiger partial charge in [-0.25, -0.2) is 17.9 Å². The fourth-order valence-corrected chi connectivity index (χ4v) is 4.15. The lowest BCUT2D eigenvalue weighted by molar-refractivity contribution is 0.0459. The predicted molar refractivity (Wildman–Crippen MR) is 106 cm³/mol. The Balaban J connectivity index is 1.40. The molecule has 0 unspecified atom stereocenters. The standard InChI is InChI=1S/C19H15N3O6S2/c23-19(27-11-17-21-18(28-22-17)14-6-8-29-12-14)13-3-1-5-16(9-13)30(24,25)20-10-15-4-2-7-26-15/h1-9,12,20H,10-11H2. The number of hydrogen-bond donors (Lipinski definition) is 1. The molecule has 4 rings (SSSR count). The third-order valence-electron chi connectivity index (χ3n) is 3.97. The predicted octanol–water partition coefficient (Wildman–Crippen LogP) is 3.23.